The normalized spacial score (nSPS) is 17.6. The smallest absolute Gasteiger partial charge is 0.407 e. The number of rotatable bonds is 13. The number of carbonyl (C=O) groups excluding carboxylic acids is 3. The van der Waals surface area contributed by atoms with Crippen LogP contribution in [0.25, 0.3) is 10.9 Å². The number of alkyl carbamates (subject to hydrolysis) is 1. The second kappa shape index (κ2) is 17.8. The molecule has 3 amide bonds. The van der Waals surface area contributed by atoms with E-state index in [1.165, 1.54) is 11.8 Å². The van der Waals surface area contributed by atoms with E-state index in [2.05, 4.69) is 20.4 Å². The molecule has 0 aliphatic carbocycles. The Bertz CT molecular complexity index is 1780. The van der Waals surface area contributed by atoms with E-state index < -0.39 is 16.9 Å². The molecule has 1 unspecified atom stereocenters. The van der Waals surface area contributed by atoms with E-state index in [0.29, 0.717) is 66.0 Å². The molecule has 1 aromatic heterocycles. The van der Waals surface area contributed by atoms with Gasteiger partial charge in [-0.1, -0.05) is 35.5 Å². The maximum atomic E-state index is 14.2. The van der Waals surface area contributed by atoms with Crippen LogP contribution in [0.4, 0.5) is 4.79 Å². The second-order valence-corrected chi connectivity index (χ2v) is 15.5. The van der Waals surface area contributed by atoms with Crippen molar-refractivity contribution >= 4 is 52.2 Å². The van der Waals surface area contributed by atoms with E-state index >= 15 is 0 Å². The van der Waals surface area contributed by atoms with Crippen molar-refractivity contribution < 1.29 is 23.9 Å². The zero-order valence-electron chi connectivity index (χ0n) is 30.7. The fourth-order valence-corrected chi connectivity index (χ4v) is 7.77. The van der Waals surface area contributed by atoms with Crippen molar-refractivity contribution in [3.8, 4) is 5.75 Å². The third-order valence-corrected chi connectivity index (χ3v) is 10.6. The lowest BCUT2D eigenvalue weighted by Gasteiger charge is -2.34. The fraction of sp³-hybridized carbons (Fsp3) is 0.541. The number of fused-ring (bicyclic) bond motifs is 1. The first-order valence-corrected chi connectivity index (χ1v) is 19.1. The lowest BCUT2D eigenvalue weighted by molar-refractivity contribution is -0.130. The highest BCUT2D eigenvalue weighted by Gasteiger charge is 2.36. The number of piperazine rings is 1. The Morgan fingerprint density at radius 3 is 2.37 bits per heavy atom. The zero-order chi connectivity index (χ0) is 37.4. The van der Waals surface area contributed by atoms with Crippen LogP contribution in [0.1, 0.15) is 44.9 Å². The summed E-state index contributed by atoms with van der Waals surface area (Å²) in [6, 6.07) is 12.5. The predicted octanol–water partition coefficient (Wildman–Crippen LogP) is 4.02. The largest absolute Gasteiger partial charge is 0.492 e. The number of likely N-dealkylation sites (tertiary alicyclic amines) is 1. The molecule has 0 saturated carbocycles. The van der Waals surface area contributed by atoms with E-state index in [0.717, 1.165) is 44.8 Å². The van der Waals surface area contributed by atoms with Gasteiger partial charge >= 0.3 is 6.09 Å². The average molecular weight is 756 g/mol. The first-order valence-electron chi connectivity index (χ1n) is 17.9. The van der Waals surface area contributed by atoms with Gasteiger partial charge in [0.1, 0.15) is 23.2 Å². The SMILES string of the molecule is CCn1c(SC(C(=O)N2CC[C@H](C(=O)NC)C2)c2ccc(OCCN3CCN(CCNC(=O)OC(C)(C)C)CC3)cc2)nc2ccc(Cl)cc2c1=O. The van der Waals surface area contributed by atoms with Crippen molar-refractivity contribution in [3.63, 3.8) is 0 Å². The minimum atomic E-state index is -0.706. The molecular weight excluding hydrogens is 706 g/mol. The van der Waals surface area contributed by atoms with Crippen LogP contribution in [0.5, 0.6) is 5.75 Å². The van der Waals surface area contributed by atoms with Gasteiger partial charge in [0.15, 0.2) is 5.16 Å². The second-order valence-electron chi connectivity index (χ2n) is 14.0. The molecular formula is C37H50ClN7O6S. The number of ether oxygens (including phenoxy) is 2. The quantitative estimate of drug-likeness (QED) is 0.195. The molecule has 2 fully saturated rings. The predicted molar refractivity (Wildman–Crippen MR) is 203 cm³/mol. The number of amides is 3. The molecule has 2 saturated heterocycles. The van der Waals surface area contributed by atoms with Crippen molar-refractivity contribution in [3.05, 3.63) is 63.4 Å². The molecule has 0 bridgehead atoms. The summed E-state index contributed by atoms with van der Waals surface area (Å²) in [7, 11) is 1.61. The van der Waals surface area contributed by atoms with Crippen LogP contribution in [0.3, 0.4) is 0 Å². The Morgan fingerprint density at radius 1 is 1.02 bits per heavy atom. The maximum Gasteiger partial charge on any atom is 0.407 e. The molecule has 3 aromatic rings. The van der Waals surface area contributed by atoms with Crippen molar-refractivity contribution in [1.29, 1.82) is 0 Å². The first kappa shape index (κ1) is 39.4. The number of hydrogen-bond donors (Lipinski definition) is 2. The van der Waals surface area contributed by atoms with Gasteiger partial charge in [0, 0.05) is 77.5 Å². The first-order chi connectivity index (χ1) is 24.8. The molecule has 52 heavy (non-hydrogen) atoms. The van der Waals surface area contributed by atoms with Crippen molar-refractivity contribution in [2.24, 2.45) is 5.92 Å². The van der Waals surface area contributed by atoms with Gasteiger partial charge in [0.05, 0.1) is 16.8 Å². The molecule has 2 aromatic carbocycles. The molecule has 2 N–H and O–H groups in total. The van der Waals surface area contributed by atoms with Crippen molar-refractivity contribution in [1.82, 2.24) is 34.9 Å². The molecule has 13 nitrogen and oxygen atoms in total. The van der Waals surface area contributed by atoms with Gasteiger partial charge in [-0.25, -0.2) is 9.78 Å². The summed E-state index contributed by atoms with van der Waals surface area (Å²) in [6.07, 6.45) is 0.195. The maximum absolute atomic E-state index is 14.2. The number of aromatic nitrogens is 2. The van der Waals surface area contributed by atoms with Crippen LogP contribution >= 0.6 is 23.4 Å². The summed E-state index contributed by atoms with van der Waals surface area (Å²) in [5, 5.41) is 6.12. The van der Waals surface area contributed by atoms with Crippen LogP contribution in [-0.2, 0) is 20.9 Å². The van der Waals surface area contributed by atoms with Gasteiger partial charge in [-0.2, -0.15) is 0 Å². The van der Waals surface area contributed by atoms with E-state index in [9.17, 15) is 19.2 Å². The molecule has 5 rings (SSSR count). The van der Waals surface area contributed by atoms with Gasteiger partial charge in [0.2, 0.25) is 11.8 Å². The minimum absolute atomic E-state index is 0.0786. The molecule has 2 atom stereocenters. The van der Waals surface area contributed by atoms with E-state index in [1.54, 1.807) is 34.7 Å². The monoisotopic (exact) mass is 755 g/mol. The highest BCUT2D eigenvalue weighted by Crippen LogP contribution is 2.38. The molecule has 282 valence electrons. The van der Waals surface area contributed by atoms with Crippen LogP contribution in [0.15, 0.2) is 52.4 Å². The van der Waals surface area contributed by atoms with Gasteiger partial charge < -0.3 is 25.0 Å². The van der Waals surface area contributed by atoms with Gasteiger partial charge in [0.25, 0.3) is 5.56 Å². The molecule has 2 aliphatic rings. The lowest BCUT2D eigenvalue weighted by atomic mass is 10.1. The summed E-state index contributed by atoms with van der Waals surface area (Å²) in [5.41, 5.74) is 0.525. The molecule has 15 heteroatoms. The van der Waals surface area contributed by atoms with E-state index in [4.69, 9.17) is 26.1 Å². The third-order valence-electron chi connectivity index (χ3n) is 9.18. The Labute approximate surface area is 314 Å². The average Bonchev–Trinajstić information content (AvgIpc) is 3.61. The fourth-order valence-electron chi connectivity index (χ4n) is 6.35. The summed E-state index contributed by atoms with van der Waals surface area (Å²) >= 11 is 7.42. The van der Waals surface area contributed by atoms with Gasteiger partial charge in [-0.3, -0.25) is 28.8 Å². The number of benzene rings is 2. The van der Waals surface area contributed by atoms with Crippen LogP contribution in [0, 0.1) is 5.92 Å². The topological polar surface area (TPSA) is 138 Å². The minimum Gasteiger partial charge on any atom is -0.492 e. The number of hydrogen-bond acceptors (Lipinski definition) is 10. The van der Waals surface area contributed by atoms with Crippen LogP contribution < -0.4 is 20.9 Å². The molecule has 0 radical (unpaired) electrons. The summed E-state index contributed by atoms with van der Waals surface area (Å²) < 4.78 is 13.0. The van der Waals surface area contributed by atoms with E-state index in [-0.39, 0.29) is 23.3 Å². The Morgan fingerprint density at radius 2 is 1.71 bits per heavy atom. The molecule has 0 spiro atoms. The Kier molecular flexibility index (Phi) is 13.5. The Balaban J connectivity index is 1.21. The number of halogens is 1. The lowest BCUT2D eigenvalue weighted by Crippen LogP contribution is -2.49. The van der Waals surface area contributed by atoms with Crippen LogP contribution in [-0.4, -0.2) is 120 Å². The standard InChI is InChI=1S/C37H50ClN7O6S/c1-6-45-33(47)29-23-27(38)9-12-30(29)41-35(45)52-31(34(48)44-15-13-26(24-44)32(46)39-5)25-7-10-28(11-8-25)50-22-21-43-19-17-42(18-20-43)16-14-40-36(49)51-37(2,3)4/h7-12,23,26,31H,6,13-22,24H2,1-5H3,(H,39,46)(H,40,49)/t26-,31?/m0/s1. The number of nitrogens with one attached hydrogen (secondary N) is 2. The van der Waals surface area contributed by atoms with E-state index in [1.807, 2.05) is 52.0 Å². The summed E-state index contributed by atoms with van der Waals surface area (Å²) in [5.74, 6) is 0.207. The van der Waals surface area contributed by atoms with Crippen molar-refractivity contribution in [2.45, 2.75) is 56.7 Å². The van der Waals surface area contributed by atoms with Crippen molar-refractivity contribution in [2.75, 3.05) is 72.6 Å². The highest BCUT2D eigenvalue weighted by molar-refractivity contribution is 8.00. The summed E-state index contributed by atoms with van der Waals surface area (Å²) in [6.45, 7) is 14.8. The third kappa shape index (κ3) is 10.4. The highest BCUT2D eigenvalue weighted by atomic mass is 35.5. The van der Waals surface area contributed by atoms with Gasteiger partial charge in [-0.15, -0.1) is 0 Å². The molecule has 3 heterocycles. The number of carbonyl (C=O) groups is 3. The molecule has 2 aliphatic heterocycles. The van der Waals surface area contributed by atoms with Crippen LogP contribution in [0.2, 0.25) is 5.02 Å². The number of nitrogens with zero attached hydrogens (tertiary/aromatic N) is 5. The summed E-state index contributed by atoms with van der Waals surface area (Å²) in [4.78, 5) is 63.1. The number of thioether (sulfide) groups is 1. The Hall–Kier alpha value is -3.85. The zero-order valence-corrected chi connectivity index (χ0v) is 32.2. The van der Waals surface area contributed by atoms with Gasteiger partial charge in [-0.05, 0) is 70.0 Å².